The van der Waals surface area contributed by atoms with Gasteiger partial charge >= 0.3 is 11.9 Å². The number of rotatable bonds is 10. The van der Waals surface area contributed by atoms with Gasteiger partial charge in [-0.25, -0.2) is 4.79 Å². The van der Waals surface area contributed by atoms with Crippen LogP contribution >= 0.6 is 0 Å². The molecule has 28 heavy (non-hydrogen) atoms. The van der Waals surface area contributed by atoms with Crippen LogP contribution in [0.2, 0.25) is 0 Å². The molecule has 0 atom stereocenters. The first kappa shape index (κ1) is 21.0. The van der Waals surface area contributed by atoms with Gasteiger partial charge in [0.1, 0.15) is 11.5 Å². The van der Waals surface area contributed by atoms with Gasteiger partial charge in [-0.3, -0.25) is 9.59 Å². The lowest BCUT2D eigenvalue weighted by Gasteiger charge is -2.08. The van der Waals surface area contributed by atoms with Crippen LogP contribution in [0.1, 0.15) is 36.2 Å². The molecule has 0 aliphatic rings. The Labute approximate surface area is 163 Å². The standard InChI is InChI=1S/C21H22O7/c1-3-19(22)28-14-27-18-11-7-16(8-12-18)21(24)15-5-9-17(10-6-15)26-13-20(23)25-4-2/h5-12H,3-4,13-14H2,1-2H3. The van der Waals surface area contributed by atoms with Gasteiger partial charge in [0.05, 0.1) is 6.61 Å². The van der Waals surface area contributed by atoms with E-state index in [-0.39, 0.29) is 31.6 Å². The fourth-order valence-electron chi connectivity index (χ4n) is 2.18. The molecular formula is C21H22O7. The summed E-state index contributed by atoms with van der Waals surface area (Å²) in [6.45, 7) is 3.35. The Kier molecular flexibility index (Phi) is 8.02. The van der Waals surface area contributed by atoms with E-state index < -0.39 is 5.97 Å². The summed E-state index contributed by atoms with van der Waals surface area (Å²) in [6, 6.07) is 13.0. The largest absolute Gasteiger partial charge is 0.482 e. The molecule has 0 amide bonds. The summed E-state index contributed by atoms with van der Waals surface area (Å²) >= 11 is 0. The second-order valence-electron chi connectivity index (χ2n) is 5.60. The number of hydrogen-bond donors (Lipinski definition) is 0. The number of hydrogen-bond acceptors (Lipinski definition) is 7. The van der Waals surface area contributed by atoms with Crippen molar-refractivity contribution in [1.29, 1.82) is 0 Å². The highest BCUT2D eigenvalue weighted by Gasteiger charge is 2.10. The molecule has 0 aliphatic carbocycles. The van der Waals surface area contributed by atoms with E-state index in [0.29, 0.717) is 29.2 Å². The lowest BCUT2D eigenvalue weighted by Crippen LogP contribution is -2.14. The first-order valence-electron chi connectivity index (χ1n) is 8.85. The molecule has 0 saturated heterocycles. The Bertz CT molecular complexity index is 795. The SMILES string of the molecule is CCOC(=O)COc1ccc(C(=O)c2ccc(OCOC(=O)CC)cc2)cc1. The summed E-state index contributed by atoms with van der Waals surface area (Å²) in [6.07, 6.45) is 0.281. The van der Waals surface area contributed by atoms with Crippen molar-refractivity contribution in [3.05, 3.63) is 59.7 Å². The predicted octanol–water partition coefficient (Wildman–Crippen LogP) is 3.15. The van der Waals surface area contributed by atoms with E-state index in [2.05, 4.69) is 0 Å². The molecule has 0 aliphatic heterocycles. The smallest absolute Gasteiger partial charge is 0.344 e. The summed E-state index contributed by atoms with van der Waals surface area (Å²) < 4.78 is 20.2. The lowest BCUT2D eigenvalue weighted by molar-refractivity contribution is -0.149. The number of carbonyl (C=O) groups is 3. The van der Waals surface area contributed by atoms with E-state index in [1.165, 1.54) is 0 Å². The van der Waals surface area contributed by atoms with Gasteiger partial charge in [0.25, 0.3) is 0 Å². The van der Waals surface area contributed by atoms with Crippen LogP contribution in [0.5, 0.6) is 11.5 Å². The first-order chi connectivity index (χ1) is 13.5. The molecule has 7 heteroatoms. The highest BCUT2D eigenvalue weighted by molar-refractivity contribution is 6.09. The normalized spacial score (nSPS) is 10.1. The third kappa shape index (κ3) is 6.42. The minimum Gasteiger partial charge on any atom is -0.482 e. The molecule has 2 aromatic rings. The topological polar surface area (TPSA) is 88.1 Å². The summed E-state index contributed by atoms with van der Waals surface area (Å²) in [4.78, 5) is 34.9. The Morgan fingerprint density at radius 1 is 0.714 bits per heavy atom. The van der Waals surface area contributed by atoms with Gasteiger partial charge in [0.15, 0.2) is 12.4 Å². The minimum atomic E-state index is -0.450. The molecule has 0 aromatic heterocycles. The zero-order chi connectivity index (χ0) is 20.4. The Balaban J connectivity index is 1.90. The van der Waals surface area contributed by atoms with Gasteiger partial charge in [-0.05, 0) is 55.5 Å². The van der Waals surface area contributed by atoms with Crippen molar-refractivity contribution >= 4 is 17.7 Å². The Morgan fingerprint density at radius 3 is 1.75 bits per heavy atom. The molecule has 0 heterocycles. The lowest BCUT2D eigenvalue weighted by atomic mass is 10.0. The van der Waals surface area contributed by atoms with Crippen LogP contribution in [0.25, 0.3) is 0 Å². The van der Waals surface area contributed by atoms with E-state index in [1.54, 1.807) is 62.4 Å². The summed E-state index contributed by atoms with van der Waals surface area (Å²) in [5.41, 5.74) is 0.965. The van der Waals surface area contributed by atoms with Crippen molar-refractivity contribution in [3.8, 4) is 11.5 Å². The summed E-state index contributed by atoms with van der Waals surface area (Å²) in [5, 5.41) is 0. The summed E-state index contributed by atoms with van der Waals surface area (Å²) in [7, 11) is 0. The van der Waals surface area contributed by atoms with Crippen LogP contribution in [-0.4, -0.2) is 37.7 Å². The third-order valence-electron chi connectivity index (χ3n) is 3.63. The van der Waals surface area contributed by atoms with Gasteiger partial charge in [-0.2, -0.15) is 0 Å². The van der Waals surface area contributed by atoms with Crippen LogP contribution in [0.15, 0.2) is 48.5 Å². The monoisotopic (exact) mass is 386 g/mol. The number of benzene rings is 2. The fourth-order valence-corrected chi connectivity index (χ4v) is 2.18. The van der Waals surface area contributed by atoms with Crippen LogP contribution in [0.4, 0.5) is 0 Å². The zero-order valence-corrected chi connectivity index (χ0v) is 15.8. The number of esters is 2. The van der Waals surface area contributed by atoms with E-state index >= 15 is 0 Å². The van der Waals surface area contributed by atoms with E-state index in [9.17, 15) is 14.4 Å². The minimum absolute atomic E-state index is 0.166. The second-order valence-corrected chi connectivity index (χ2v) is 5.60. The van der Waals surface area contributed by atoms with Crippen molar-refractivity contribution in [2.24, 2.45) is 0 Å². The summed E-state index contributed by atoms with van der Waals surface area (Å²) in [5.74, 6) is -0.00468. The first-order valence-corrected chi connectivity index (χ1v) is 8.85. The van der Waals surface area contributed by atoms with Gasteiger partial charge < -0.3 is 18.9 Å². The average Bonchev–Trinajstić information content (AvgIpc) is 2.72. The highest BCUT2D eigenvalue weighted by Crippen LogP contribution is 2.18. The van der Waals surface area contributed by atoms with E-state index in [1.807, 2.05) is 0 Å². The van der Waals surface area contributed by atoms with Crippen molar-refractivity contribution in [2.45, 2.75) is 20.3 Å². The van der Waals surface area contributed by atoms with Crippen molar-refractivity contribution < 1.29 is 33.3 Å². The van der Waals surface area contributed by atoms with Gasteiger partial charge in [0, 0.05) is 17.5 Å². The van der Waals surface area contributed by atoms with E-state index in [0.717, 1.165) is 0 Å². The Hall–Kier alpha value is -3.35. The van der Waals surface area contributed by atoms with Crippen LogP contribution in [-0.2, 0) is 19.1 Å². The molecule has 2 aromatic carbocycles. The second kappa shape index (κ2) is 10.7. The average molecular weight is 386 g/mol. The maximum Gasteiger partial charge on any atom is 0.344 e. The molecular weight excluding hydrogens is 364 g/mol. The van der Waals surface area contributed by atoms with Gasteiger partial charge in [0.2, 0.25) is 6.79 Å². The maximum atomic E-state index is 12.5. The number of ether oxygens (including phenoxy) is 4. The van der Waals surface area contributed by atoms with Crippen LogP contribution in [0, 0.1) is 0 Å². The molecule has 148 valence electrons. The number of ketones is 1. The predicted molar refractivity (Wildman–Crippen MR) is 100 cm³/mol. The fraction of sp³-hybridized carbons (Fsp3) is 0.286. The van der Waals surface area contributed by atoms with Crippen molar-refractivity contribution in [3.63, 3.8) is 0 Å². The third-order valence-corrected chi connectivity index (χ3v) is 3.63. The maximum absolute atomic E-state index is 12.5. The molecule has 2 rings (SSSR count). The number of carbonyl (C=O) groups excluding carboxylic acids is 3. The van der Waals surface area contributed by atoms with Crippen molar-refractivity contribution in [1.82, 2.24) is 0 Å². The van der Waals surface area contributed by atoms with Crippen LogP contribution < -0.4 is 9.47 Å². The van der Waals surface area contributed by atoms with Crippen molar-refractivity contribution in [2.75, 3.05) is 20.0 Å². The highest BCUT2D eigenvalue weighted by atomic mass is 16.7. The molecule has 0 fully saturated rings. The van der Waals surface area contributed by atoms with Gasteiger partial charge in [-0.1, -0.05) is 6.92 Å². The van der Waals surface area contributed by atoms with Gasteiger partial charge in [-0.15, -0.1) is 0 Å². The molecule has 0 saturated carbocycles. The quantitative estimate of drug-likeness (QED) is 0.352. The zero-order valence-electron chi connectivity index (χ0n) is 15.8. The Morgan fingerprint density at radius 2 is 1.25 bits per heavy atom. The molecule has 0 radical (unpaired) electrons. The van der Waals surface area contributed by atoms with Crippen LogP contribution in [0.3, 0.4) is 0 Å². The molecule has 0 bridgehead atoms. The molecule has 0 N–H and O–H groups in total. The molecule has 0 unspecified atom stereocenters. The molecule has 0 spiro atoms. The van der Waals surface area contributed by atoms with E-state index in [4.69, 9.17) is 18.9 Å². The molecule has 7 nitrogen and oxygen atoms in total.